The maximum absolute atomic E-state index is 13.1. The Balaban J connectivity index is 1.66. The Labute approximate surface area is 151 Å². The standard InChI is InChI=1S/C22H31NO2/c24-21-13-7-12-20(16-21)22(25)23(17-19-10-5-2-6-11-19)15-14-18-8-3-1-4-9-18/h2,5-6,8,10-11,20-21,24H,1,3-4,7,9,12-17H2/t20-,21-/m0/s1. The molecule has 0 saturated heterocycles. The summed E-state index contributed by atoms with van der Waals surface area (Å²) >= 11 is 0. The monoisotopic (exact) mass is 341 g/mol. The van der Waals surface area contributed by atoms with Crippen LogP contribution in [0.4, 0.5) is 0 Å². The normalized spacial score (nSPS) is 23.8. The molecule has 2 aliphatic carbocycles. The molecule has 3 nitrogen and oxygen atoms in total. The Morgan fingerprint density at radius 2 is 1.96 bits per heavy atom. The quantitative estimate of drug-likeness (QED) is 0.776. The van der Waals surface area contributed by atoms with Gasteiger partial charge in [0.15, 0.2) is 0 Å². The fourth-order valence-corrected chi connectivity index (χ4v) is 4.13. The van der Waals surface area contributed by atoms with Crippen molar-refractivity contribution < 1.29 is 9.90 Å². The van der Waals surface area contributed by atoms with E-state index in [9.17, 15) is 9.90 Å². The second-order valence-electron chi connectivity index (χ2n) is 7.62. The van der Waals surface area contributed by atoms with E-state index in [-0.39, 0.29) is 17.9 Å². The lowest BCUT2D eigenvalue weighted by molar-refractivity contribution is -0.138. The maximum Gasteiger partial charge on any atom is 0.226 e. The lowest BCUT2D eigenvalue weighted by Crippen LogP contribution is -2.39. The average Bonchev–Trinajstić information content (AvgIpc) is 2.66. The molecule has 1 saturated carbocycles. The number of allylic oxidation sites excluding steroid dienone is 1. The van der Waals surface area contributed by atoms with Gasteiger partial charge in [-0.25, -0.2) is 0 Å². The topological polar surface area (TPSA) is 40.5 Å². The van der Waals surface area contributed by atoms with E-state index in [0.29, 0.717) is 13.0 Å². The number of carbonyl (C=O) groups is 1. The highest BCUT2D eigenvalue weighted by atomic mass is 16.3. The van der Waals surface area contributed by atoms with Crippen molar-refractivity contribution in [3.05, 3.63) is 47.5 Å². The van der Waals surface area contributed by atoms with E-state index in [1.54, 1.807) is 0 Å². The summed E-state index contributed by atoms with van der Waals surface area (Å²) in [6.07, 6.45) is 11.4. The molecule has 0 unspecified atom stereocenters. The van der Waals surface area contributed by atoms with Crippen molar-refractivity contribution in [3.63, 3.8) is 0 Å². The second-order valence-corrected chi connectivity index (χ2v) is 7.62. The lowest BCUT2D eigenvalue weighted by atomic mass is 9.86. The van der Waals surface area contributed by atoms with E-state index in [1.165, 1.54) is 36.8 Å². The van der Waals surface area contributed by atoms with Gasteiger partial charge in [0.2, 0.25) is 5.91 Å². The van der Waals surface area contributed by atoms with Gasteiger partial charge in [0, 0.05) is 19.0 Å². The molecule has 25 heavy (non-hydrogen) atoms. The Bertz CT molecular complexity index is 581. The summed E-state index contributed by atoms with van der Waals surface area (Å²) in [5.74, 6) is 0.229. The molecular weight excluding hydrogens is 310 g/mol. The van der Waals surface area contributed by atoms with Crippen LogP contribution in [0.3, 0.4) is 0 Å². The number of benzene rings is 1. The molecule has 136 valence electrons. The van der Waals surface area contributed by atoms with Gasteiger partial charge in [-0.2, -0.15) is 0 Å². The zero-order valence-electron chi connectivity index (χ0n) is 15.2. The Kier molecular flexibility index (Phi) is 6.69. The third-order valence-electron chi connectivity index (χ3n) is 5.61. The van der Waals surface area contributed by atoms with Crippen LogP contribution in [0.15, 0.2) is 42.0 Å². The van der Waals surface area contributed by atoms with Crippen molar-refractivity contribution >= 4 is 5.91 Å². The minimum atomic E-state index is -0.303. The van der Waals surface area contributed by atoms with Crippen LogP contribution in [0.5, 0.6) is 0 Å². The van der Waals surface area contributed by atoms with Crippen LogP contribution in [-0.2, 0) is 11.3 Å². The van der Waals surface area contributed by atoms with Gasteiger partial charge in [-0.15, -0.1) is 0 Å². The molecule has 0 aliphatic heterocycles. The van der Waals surface area contributed by atoms with Crippen LogP contribution in [0.1, 0.15) is 63.4 Å². The number of amides is 1. The molecule has 1 aromatic carbocycles. The van der Waals surface area contributed by atoms with E-state index in [4.69, 9.17) is 0 Å². The molecule has 1 amide bonds. The van der Waals surface area contributed by atoms with Crippen molar-refractivity contribution in [3.8, 4) is 0 Å². The summed E-state index contributed by atoms with van der Waals surface area (Å²) in [5, 5.41) is 9.95. The van der Waals surface area contributed by atoms with Crippen LogP contribution < -0.4 is 0 Å². The minimum Gasteiger partial charge on any atom is -0.393 e. The molecule has 0 radical (unpaired) electrons. The van der Waals surface area contributed by atoms with Crippen LogP contribution in [0.2, 0.25) is 0 Å². The first-order valence-electron chi connectivity index (χ1n) is 9.91. The first-order valence-corrected chi connectivity index (χ1v) is 9.91. The van der Waals surface area contributed by atoms with Crippen molar-refractivity contribution in [2.75, 3.05) is 6.54 Å². The molecule has 1 N–H and O–H groups in total. The molecule has 0 aromatic heterocycles. The smallest absolute Gasteiger partial charge is 0.226 e. The Morgan fingerprint density at radius 3 is 2.68 bits per heavy atom. The third kappa shape index (κ3) is 5.43. The Hall–Kier alpha value is -1.61. The summed E-state index contributed by atoms with van der Waals surface area (Å²) in [5.41, 5.74) is 2.70. The van der Waals surface area contributed by atoms with Gasteiger partial charge in [0.25, 0.3) is 0 Å². The van der Waals surface area contributed by atoms with Gasteiger partial charge in [-0.3, -0.25) is 4.79 Å². The van der Waals surface area contributed by atoms with Gasteiger partial charge in [-0.1, -0.05) is 48.4 Å². The predicted octanol–water partition coefficient (Wildman–Crippen LogP) is 4.46. The summed E-state index contributed by atoms with van der Waals surface area (Å²) in [6.45, 7) is 1.48. The molecule has 2 atom stereocenters. The van der Waals surface area contributed by atoms with Crippen molar-refractivity contribution in [2.45, 2.75) is 70.4 Å². The van der Waals surface area contributed by atoms with Crippen LogP contribution >= 0.6 is 0 Å². The van der Waals surface area contributed by atoms with Crippen LogP contribution in [-0.4, -0.2) is 28.6 Å². The first-order chi connectivity index (χ1) is 12.2. The van der Waals surface area contributed by atoms with Crippen molar-refractivity contribution in [1.82, 2.24) is 4.90 Å². The van der Waals surface area contributed by atoms with E-state index < -0.39 is 0 Å². The molecule has 0 bridgehead atoms. The van der Waals surface area contributed by atoms with Crippen molar-refractivity contribution in [2.24, 2.45) is 5.92 Å². The lowest BCUT2D eigenvalue weighted by Gasteiger charge is -2.31. The molecule has 2 aliphatic rings. The zero-order valence-corrected chi connectivity index (χ0v) is 15.2. The Morgan fingerprint density at radius 1 is 1.12 bits per heavy atom. The van der Waals surface area contributed by atoms with Gasteiger partial charge in [0.05, 0.1) is 6.10 Å². The largest absolute Gasteiger partial charge is 0.393 e. The van der Waals surface area contributed by atoms with E-state index in [1.807, 2.05) is 23.1 Å². The fraction of sp³-hybridized carbons (Fsp3) is 0.591. The summed E-state index contributed by atoms with van der Waals surface area (Å²) in [4.78, 5) is 15.2. The zero-order chi connectivity index (χ0) is 17.5. The number of carbonyl (C=O) groups excluding carboxylic acids is 1. The van der Waals surface area contributed by atoms with Gasteiger partial charge in [-0.05, 0) is 56.9 Å². The van der Waals surface area contributed by atoms with E-state index in [2.05, 4.69) is 18.2 Å². The maximum atomic E-state index is 13.1. The number of rotatable bonds is 6. The molecular formula is C22H31NO2. The first kappa shape index (κ1) is 18.2. The third-order valence-corrected chi connectivity index (χ3v) is 5.61. The number of hydrogen-bond donors (Lipinski definition) is 1. The molecule has 3 rings (SSSR count). The number of hydrogen-bond acceptors (Lipinski definition) is 2. The van der Waals surface area contributed by atoms with Crippen molar-refractivity contribution in [1.29, 1.82) is 0 Å². The van der Waals surface area contributed by atoms with Crippen LogP contribution in [0.25, 0.3) is 0 Å². The number of aliphatic hydroxyl groups is 1. The van der Waals surface area contributed by atoms with Gasteiger partial charge < -0.3 is 10.0 Å². The van der Waals surface area contributed by atoms with Gasteiger partial charge >= 0.3 is 0 Å². The minimum absolute atomic E-state index is 0.00667. The molecule has 1 fully saturated rings. The molecule has 1 aromatic rings. The SMILES string of the molecule is O=C([C@H]1CCC[C@H](O)C1)N(CCC1=CCCCC1)Cc1ccccc1. The highest BCUT2D eigenvalue weighted by Gasteiger charge is 2.29. The number of aliphatic hydroxyl groups excluding tert-OH is 1. The number of nitrogens with zero attached hydrogens (tertiary/aromatic N) is 1. The second kappa shape index (κ2) is 9.19. The van der Waals surface area contributed by atoms with Crippen LogP contribution in [0, 0.1) is 5.92 Å². The van der Waals surface area contributed by atoms with E-state index in [0.717, 1.165) is 32.2 Å². The van der Waals surface area contributed by atoms with Gasteiger partial charge in [0.1, 0.15) is 0 Å². The fourth-order valence-electron chi connectivity index (χ4n) is 4.13. The highest BCUT2D eigenvalue weighted by Crippen LogP contribution is 2.27. The predicted molar refractivity (Wildman–Crippen MR) is 101 cm³/mol. The summed E-state index contributed by atoms with van der Waals surface area (Å²) in [7, 11) is 0. The summed E-state index contributed by atoms with van der Waals surface area (Å²) < 4.78 is 0. The summed E-state index contributed by atoms with van der Waals surface area (Å²) in [6, 6.07) is 10.3. The highest BCUT2D eigenvalue weighted by molar-refractivity contribution is 5.79. The van der Waals surface area contributed by atoms with E-state index >= 15 is 0 Å². The average molecular weight is 341 g/mol. The molecule has 0 spiro atoms. The molecule has 3 heteroatoms. The molecule has 0 heterocycles.